The zero-order chi connectivity index (χ0) is 16.4. The van der Waals surface area contributed by atoms with Crippen molar-refractivity contribution in [3.63, 3.8) is 0 Å². The van der Waals surface area contributed by atoms with Crippen molar-refractivity contribution in [1.29, 1.82) is 0 Å². The van der Waals surface area contributed by atoms with Crippen molar-refractivity contribution in [2.24, 2.45) is 0 Å². The van der Waals surface area contributed by atoms with Gasteiger partial charge < -0.3 is 20.2 Å². The number of carbonyl (C=O) groups is 2. The third-order valence-electron chi connectivity index (χ3n) is 4.82. The Kier molecular flexibility index (Phi) is 4.52. The zero-order valence-corrected chi connectivity index (χ0v) is 13.4. The fraction of sp³-hybridized carbons (Fsp3) is 0.529. The van der Waals surface area contributed by atoms with E-state index in [1.807, 2.05) is 29.2 Å². The lowest BCUT2D eigenvalue weighted by Gasteiger charge is -2.24. The van der Waals surface area contributed by atoms with E-state index in [1.54, 1.807) is 0 Å². The average molecular weight is 317 g/mol. The number of carboxylic acids is 1. The van der Waals surface area contributed by atoms with Crippen LogP contribution in [-0.4, -0.2) is 60.1 Å². The smallest absolute Gasteiger partial charge is 0.317 e. The number of likely N-dealkylation sites (N-methyl/N-ethyl adjacent to an activating group) is 1. The Morgan fingerprint density at radius 2 is 1.87 bits per heavy atom. The van der Waals surface area contributed by atoms with Gasteiger partial charge in [-0.2, -0.15) is 0 Å². The number of amides is 2. The lowest BCUT2D eigenvalue weighted by Crippen LogP contribution is -2.43. The monoisotopic (exact) mass is 317 g/mol. The van der Waals surface area contributed by atoms with Gasteiger partial charge in [0.1, 0.15) is 0 Å². The molecule has 1 saturated heterocycles. The fourth-order valence-electron chi connectivity index (χ4n) is 3.50. The predicted molar refractivity (Wildman–Crippen MR) is 86.4 cm³/mol. The molecule has 23 heavy (non-hydrogen) atoms. The summed E-state index contributed by atoms with van der Waals surface area (Å²) < 4.78 is 0. The third-order valence-corrected chi connectivity index (χ3v) is 4.82. The molecule has 1 aromatic carbocycles. The van der Waals surface area contributed by atoms with Crippen LogP contribution in [0.3, 0.4) is 0 Å². The van der Waals surface area contributed by atoms with E-state index in [0.29, 0.717) is 13.0 Å². The van der Waals surface area contributed by atoms with E-state index in [0.717, 1.165) is 37.2 Å². The molecule has 0 bridgehead atoms. The van der Waals surface area contributed by atoms with Gasteiger partial charge in [0.15, 0.2) is 0 Å². The first-order chi connectivity index (χ1) is 11.1. The molecule has 124 valence electrons. The van der Waals surface area contributed by atoms with Crippen LogP contribution in [0.5, 0.6) is 0 Å². The zero-order valence-electron chi connectivity index (χ0n) is 13.4. The number of nitrogens with one attached hydrogen (secondary N) is 1. The molecule has 0 saturated carbocycles. The second kappa shape index (κ2) is 6.58. The lowest BCUT2D eigenvalue weighted by molar-refractivity contribution is -0.138. The van der Waals surface area contributed by atoms with Crippen molar-refractivity contribution < 1.29 is 14.7 Å². The van der Waals surface area contributed by atoms with E-state index in [2.05, 4.69) is 17.3 Å². The predicted octanol–water partition coefficient (Wildman–Crippen LogP) is 1.65. The van der Waals surface area contributed by atoms with E-state index in [1.165, 1.54) is 0 Å². The summed E-state index contributed by atoms with van der Waals surface area (Å²) >= 11 is 0. The Bertz CT molecular complexity index is 605. The Morgan fingerprint density at radius 1 is 1.13 bits per heavy atom. The Balaban J connectivity index is 1.71. The SMILES string of the molecule is CN1CCCN(C(=O)NC2CC(C(=O)O)c3ccccc32)CC1. The highest BCUT2D eigenvalue weighted by Gasteiger charge is 2.36. The molecular formula is C17H23N3O3. The lowest BCUT2D eigenvalue weighted by atomic mass is 10.0. The van der Waals surface area contributed by atoms with Gasteiger partial charge in [-0.1, -0.05) is 24.3 Å². The van der Waals surface area contributed by atoms with Crippen molar-refractivity contribution in [3.05, 3.63) is 35.4 Å². The number of hydrogen-bond acceptors (Lipinski definition) is 3. The van der Waals surface area contributed by atoms with E-state index in [4.69, 9.17) is 0 Å². The van der Waals surface area contributed by atoms with Crippen LogP contribution >= 0.6 is 0 Å². The van der Waals surface area contributed by atoms with Crippen molar-refractivity contribution in [2.75, 3.05) is 33.2 Å². The standard InChI is InChI=1S/C17H23N3O3/c1-19-7-4-8-20(10-9-19)17(23)18-15-11-14(16(21)22)12-5-2-3-6-13(12)15/h2-3,5-6,14-15H,4,7-11H2,1H3,(H,18,23)(H,21,22). The van der Waals surface area contributed by atoms with E-state index in [-0.39, 0.29) is 12.1 Å². The normalized spacial score (nSPS) is 24.8. The highest BCUT2D eigenvalue weighted by molar-refractivity contribution is 5.80. The van der Waals surface area contributed by atoms with Crippen LogP contribution in [0.4, 0.5) is 4.79 Å². The fourth-order valence-corrected chi connectivity index (χ4v) is 3.50. The van der Waals surface area contributed by atoms with Crippen molar-refractivity contribution >= 4 is 12.0 Å². The first kappa shape index (κ1) is 15.8. The largest absolute Gasteiger partial charge is 0.481 e. The number of fused-ring (bicyclic) bond motifs is 1. The van der Waals surface area contributed by atoms with Gasteiger partial charge in [0, 0.05) is 19.6 Å². The van der Waals surface area contributed by atoms with Crippen LogP contribution < -0.4 is 5.32 Å². The number of nitrogens with zero attached hydrogens (tertiary/aromatic N) is 2. The van der Waals surface area contributed by atoms with Crippen molar-refractivity contribution in [2.45, 2.75) is 24.8 Å². The van der Waals surface area contributed by atoms with Crippen LogP contribution in [0, 0.1) is 0 Å². The minimum absolute atomic E-state index is 0.0915. The molecule has 1 aromatic rings. The molecule has 0 radical (unpaired) electrons. The molecule has 1 fully saturated rings. The molecule has 2 N–H and O–H groups in total. The van der Waals surface area contributed by atoms with Gasteiger partial charge in [-0.05, 0) is 37.6 Å². The molecule has 2 unspecified atom stereocenters. The van der Waals surface area contributed by atoms with E-state index >= 15 is 0 Å². The van der Waals surface area contributed by atoms with Gasteiger partial charge in [0.2, 0.25) is 0 Å². The molecule has 1 heterocycles. The first-order valence-corrected chi connectivity index (χ1v) is 8.12. The molecule has 0 spiro atoms. The van der Waals surface area contributed by atoms with Gasteiger partial charge in [-0.25, -0.2) is 4.79 Å². The van der Waals surface area contributed by atoms with Gasteiger partial charge >= 0.3 is 12.0 Å². The summed E-state index contributed by atoms with van der Waals surface area (Å²) in [6.45, 7) is 3.31. The highest BCUT2D eigenvalue weighted by atomic mass is 16.4. The van der Waals surface area contributed by atoms with Crippen molar-refractivity contribution in [3.8, 4) is 0 Å². The maximum absolute atomic E-state index is 12.5. The Labute approximate surface area is 136 Å². The number of carboxylic acid groups (broad SMARTS) is 1. The van der Waals surface area contributed by atoms with Gasteiger partial charge in [-0.3, -0.25) is 4.79 Å². The second-order valence-electron chi connectivity index (χ2n) is 6.40. The summed E-state index contributed by atoms with van der Waals surface area (Å²) in [7, 11) is 2.06. The number of benzene rings is 1. The number of carbonyl (C=O) groups excluding carboxylic acids is 1. The Morgan fingerprint density at radius 3 is 2.61 bits per heavy atom. The number of rotatable bonds is 2. The van der Waals surface area contributed by atoms with Crippen LogP contribution in [0.1, 0.15) is 35.9 Å². The molecule has 2 aliphatic rings. The summed E-state index contributed by atoms with van der Waals surface area (Å²) in [6.07, 6.45) is 1.39. The van der Waals surface area contributed by atoms with Crippen LogP contribution in [0.15, 0.2) is 24.3 Å². The molecule has 6 nitrogen and oxygen atoms in total. The summed E-state index contributed by atoms with van der Waals surface area (Å²) in [5.74, 6) is -1.36. The van der Waals surface area contributed by atoms with Crippen LogP contribution in [-0.2, 0) is 4.79 Å². The molecule has 1 aliphatic heterocycles. The second-order valence-corrected chi connectivity index (χ2v) is 6.40. The van der Waals surface area contributed by atoms with Gasteiger partial charge in [-0.15, -0.1) is 0 Å². The molecule has 1 aliphatic carbocycles. The quantitative estimate of drug-likeness (QED) is 0.870. The summed E-state index contributed by atoms with van der Waals surface area (Å²) in [5.41, 5.74) is 1.75. The first-order valence-electron chi connectivity index (χ1n) is 8.12. The Hall–Kier alpha value is -2.08. The maximum Gasteiger partial charge on any atom is 0.317 e. The number of aliphatic carboxylic acids is 1. The number of hydrogen-bond donors (Lipinski definition) is 2. The van der Waals surface area contributed by atoms with E-state index < -0.39 is 11.9 Å². The van der Waals surface area contributed by atoms with E-state index in [9.17, 15) is 14.7 Å². The minimum atomic E-state index is -0.828. The molecule has 3 rings (SSSR count). The third kappa shape index (κ3) is 3.32. The summed E-state index contributed by atoms with van der Waals surface area (Å²) in [6, 6.07) is 7.19. The van der Waals surface area contributed by atoms with Gasteiger partial charge in [0.05, 0.1) is 12.0 Å². The molecule has 2 atom stereocenters. The van der Waals surface area contributed by atoms with Gasteiger partial charge in [0.25, 0.3) is 0 Å². The average Bonchev–Trinajstić information content (AvgIpc) is 2.74. The number of urea groups is 1. The van der Waals surface area contributed by atoms with Crippen LogP contribution in [0.25, 0.3) is 0 Å². The maximum atomic E-state index is 12.5. The molecule has 6 heteroatoms. The minimum Gasteiger partial charge on any atom is -0.481 e. The molecule has 2 amide bonds. The topological polar surface area (TPSA) is 72.9 Å². The molecular weight excluding hydrogens is 294 g/mol. The highest BCUT2D eigenvalue weighted by Crippen LogP contribution is 2.40. The summed E-state index contributed by atoms with van der Waals surface area (Å²) in [4.78, 5) is 28.1. The van der Waals surface area contributed by atoms with Crippen LogP contribution in [0.2, 0.25) is 0 Å². The summed E-state index contributed by atoms with van der Waals surface area (Å²) in [5, 5.41) is 12.4. The van der Waals surface area contributed by atoms with Crippen molar-refractivity contribution in [1.82, 2.24) is 15.1 Å². The molecule has 0 aromatic heterocycles.